The molecular weight excluding hydrogens is 374 g/mol. The fourth-order valence-electron chi connectivity index (χ4n) is 3.28. The van der Waals surface area contributed by atoms with Crippen LogP contribution in [0.1, 0.15) is 49.1 Å². The van der Waals surface area contributed by atoms with Gasteiger partial charge in [0.05, 0.1) is 5.69 Å². The molecule has 25 heavy (non-hydrogen) atoms. The number of hydrogen-bond donors (Lipinski definition) is 2. The summed E-state index contributed by atoms with van der Waals surface area (Å²) in [4.78, 5) is 17.4. The molecule has 2 atom stereocenters. The number of anilines is 1. The van der Waals surface area contributed by atoms with E-state index in [1.165, 1.54) is 29.2 Å². The van der Waals surface area contributed by atoms with Gasteiger partial charge in [-0.25, -0.2) is 4.98 Å². The highest BCUT2D eigenvalue weighted by Crippen LogP contribution is 2.39. The normalized spacial score (nSPS) is 22.7. The summed E-state index contributed by atoms with van der Waals surface area (Å²) in [7, 11) is 3.99. The molecule has 1 aliphatic carbocycles. The second-order valence-electron chi connectivity index (χ2n) is 6.61. The molecule has 0 radical (unpaired) electrons. The summed E-state index contributed by atoms with van der Waals surface area (Å²) in [5, 5.41) is 4.96. The van der Waals surface area contributed by atoms with Gasteiger partial charge < -0.3 is 15.8 Å². The van der Waals surface area contributed by atoms with E-state index in [-0.39, 0.29) is 5.97 Å². The van der Waals surface area contributed by atoms with Gasteiger partial charge in [-0.1, -0.05) is 28.0 Å². The molecule has 0 saturated carbocycles. The predicted molar refractivity (Wildman–Crippen MR) is 108 cm³/mol. The smallest absolute Gasteiger partial charge is 0.305 e. The zero-order valence-electron chi connectivity index (χ0n) is 14.5. The molecule has 2 aliphatic rings. The topological polar surface area (TPSA) is 77.2 Å². The monoisotopic (exact) mass is 401 g/mol. The number of fused-ring (bicyclic) bond motifs is 1. The Labute approximate surface area is 161 Å². The SMILES string of the molecule is Nc1nc2c(s1)C[C@@H](NCCOC(=O)CCCC[C@H]1CCSS1)CC2. The minimum absolute atomic E-state index is 0.0589. The van der Waals surface area contributed by atoms with Crippen molar-refractivity contribution in [2.24, 2.45) is 0 Å². The Balaban J connectivity index is 1.21. The van der Waals surface area contributed by atoms with E-state index in [1.807, 2.05) is 21.6 Å². The Morgan fingerprint density at radius 2 is 2.28 bits per heavy atom. The molecule has 1 fully saturated rings. The number of ether oxygens (including phenoxy) is 1. The third-order valence-corrected chi connectivity index (χ3v) is 8.59. The lowest BCUT2D eigenvalue weighted by Gasteiger charge is -2.22. The van der Waals surface area contributed by atoms with Crippen LogP contribution in [0.3, 0.4) is 0 Å². The lowest BCUT2D eigenvalue weighted by Crippen LogP contribution is -2.36. The van der Waals surface area contributed by atoms with Crippen LogP contribution in [0, 0.1) is 0 Å². The molecule has 8 heteroatoms. The van der Waals surface area contributed by atoms with Gasteiger partial charge in [0, 0.05) is 34.9 Å². The maximum absolute atomic E-state index is 11.8. The number of nitrogen functional groups attached to an aromatic ring is 1. The molecule has 1 aromatic rings. The van der Waals surface area contributed by atoms with Gasteiger partial charge >= 0.3 is 5.97 Å². The van der Waals surface area contributed by atoms with E-state index in [0.717, 1.165) is 43.9 Å². The van der Waals surface area contributed by atoms with E-state index in [4.69, 9.17) is 10.5 Å². The highest BCUT2D eigenvalue weighted by Gasteiger charge is 2.21. The van der Waals surface area contributed by atoms with E-state index in [0.29, 0.717) is 24.2 Å². The minimum atomic E-state index is -0.0589. The van der Waals surface area contributed by atoms with Crippen LogP contribution in [0.25, 0.3) is 0 Å². The van der Waals surface area contributed by atoms with Crippen molar-refractivity contribution in [2.45, 2.75) is 62.7 Å². The summed E-state index contributed by atoms with van der Waals surface area (Å²) in [6.07, 6.45) is 8.23. The van der Waals surface area contributed by atoms with Crippen molar-refractivity contribution in [3.63, 3.8) is 0 Å². The van der Waals surface area contributed by atoms with E-state index in [2.05, 4.69) is 10.3 Å². The highest BCUT2D eigenvalue weighted by molar-refractivity contribution is 8.77. The number of rotatable bonds is 9. The number of unbranched alkanes of at least 4 members (excludes halogenated alkanes) is 1. The summed E-state index contributed by atoms with van der Waals surface area (Å²) >= 11 is 1.60. The predicted octanol–water partition coefficient (Wildman–Crippen LogP) is 3.43. The van der Waals surface area contributed by atoms with Gasteiger partial charge in [-0.3, -0.25) is 4.79 Å². The molecule has 2 heterocycles. The number of carbonyl (C=O) groups excluding carboxylic acids is 1. The first-order chi connectivity index (χ1) is 12.2. The van der Waals surface area contributed by atoms with E-state index in [1.54, 1.807) is 11.3 Å². The first kappa shape index (κ1) is 19.3. The van der Waals surface area contributed by atoms with Gasteiger partial charge in [0.15, 0.2) is 5.13 Å². The number of nitrogens with zero attached hydrogens (tertiary/aromatic N) is 1. The van der Waals surface area contributed by atoms with Crippen molar-refractivity contribution < 1.29 is 9.53 Å². The zero-order chi connectivity index (χ0) is 17.5. The van der Waals surface area contributed by atoms with Gasteiger partial charge in [-0.15, -0.1) is 11.3 Å². The standard InChI is InChI=1S/C17H27N3O2S3/c18-17-20-14-6-5-12(11-15(14)24-17)19-8-9-22-16(21)4-2-1-3-13-7-10-23-25-13/h12-13,19H,1-11H2,(H2,18,20)/t12-,13-/m0/s1. The Hall–Kier alpha value is -0.440. The first-order valence-corrected chi connectivity index (χ1v) is 12.3. The summed E-state index contributed by atoms with van der Waals surface area (Å²) in [5.74, 6) is 1.22. The Morgan fingerprint density at radius 1 is 1.36 bits per heavy atom. The van der Waals surface area contributed by atoms with E-state index < -0.39 is 0 Å². The summed E-state index contributed by atoms with van der Waals surface area (Å²) in [6.45, 7) is 1.18. The number of hydrogen-bond acceptors (Lipinski definition) is 8. The van der Waals surface area contributed by atoms with Crippen LogP contribution in [0.5, 0.6) is 0 Å². The maximum Gasteiger partial charge on any atom is 0.305 e. The molecule has 0 spiro atoms. The Bertz CT molecular complexity index is 561. The first-order valence-electron chi connectivity index (χ1n) is 9.12. The molecule has 0 aromatic carbocycles. The molecule has 1 saturated heterocycles. The fraction of sp³-hybridized carbons (Fsp3) is 0.765. The van der Waals surface area contributed by atoms with Gasteiger partial charge in [0.2, 0.25) is 0 Å². The maximum atomic E-state index is 11.8. The Morgan fingerprint density at radius 3 is 3.12 bits per heavy atom. The van der Waals surface area contributed by atoms with E-state index >= 15 is 0 Å². The summed E-state index contributed by atoms with van der Waals surface area (Å²) in [6, 6.07) is 0.438. The number of aryl methyl sites for hydroxylation is 1. The second-order valence-corrected chi connectivity index (χ2v) is 10.5. The fourth-order valence-corrected chi connectivity index (χ4v) is 7.26. The van der Waals surface area contributed by atoms with Crippen LogP contribution in [0.2, 0.25) is 0 Å². The van der Waals surface area contributed by atoms with Crippen molar-refractivity contribution in [1.82, 2.24) is 10.3 Å². The Kier molecular flexibility index (Phi) is 7.76. The lowest BCUT2D eigenvalue weighted by atomic mass is 9.98. The molecule has 0 unspecified atom stereocenters. The average Bonchev–Trinajstić information content (AvgIpc) is 3.23. The zero-order valence-corrected chi connectivity index (χ0v) is 16.9. The van der Waals surface area contributed by atoms with E-state index in [9.17, 15) is 4.79 Å². The molecule has 3 rings (SSSR count). The van der Waals surface area contributed by atoms with Gasteiger partial charge in [0.1, 0.15) is 6.61 Å². The largest absolute Gasteiger partial charge is 0.464 e. The van der Waals surface area contributed by atoms with Crippen LogP contribution >= 0.6 is 32.9 Å². The third-order valence-electron chi connectivity index (χ3n) is 4.64. The molecule has 1 aliphatic heterocycles. The molecule has 3 N–H and O–H groups in total. The number of esters is 1. The van der Waals surface area contributed by atoms with Crippen molar-refractivity contribution in [3.05, 3.63) is 10.6 Å². The quantitative estimate of drug-likeness (QED) is 0.373. The molecule has 0 bridgehead atoms. The lowest BCUT2D eigenvalue weighted by molar-refractivity contribution is -0.143. The number of carbonyl (C=O) groups is 1. The highest BCUT2D eigenvalue weighted by atomic mass is 33.1. The van der Waals surface area contributed by atoms with Gasteiger partial charge in [-0.05, 0) is 38.5 Å². The van der Waals surface area contributed by atoms with Crippen molar-refractivity contribution in [1.29, 1.82) is 0 Å². The number of aromatic nitrogens is 1. The van der Waals surface area contributed by atoms with Crippen molar-refractivity contribution in [3.8, 4) is 0 Å². The average molecular weight is 402 g/mol. The summed E-state index contributed by atoms with van der Waals surface area (Å²) in [5.41, 5.74) is 6.94. The van der Waals surface area contributed by atoms with Crippen molar-refractivity contribution in [2.75, 3.05) is 24.6 Å². The van der Waals surface area contributed by atoms with Crippen LogP contribution in [-0.4, -0.2) is 41.1 Å². The molecule has 140 valence electrons. The molecular formula is C17H27N3O2S3. The number of nitrogens with one attached hydrogen (secondary N) is 1. The molecule has 0 amide bonds. The third kappa shape index (κ3) is 6.34. The van der Waals surface area contributed by atoms with Crippen LogP contribution in [-0.2, 0) is 22.4 Å². The van der Waals surface area contributed by atoms with Crippen molar-refractivity contribution >= 4 is 44.0 Å². The number of nitrogens with two attached hydrogens (primary N) is 1. The van der Waals surface area contributed by atoms with Crippen LogP contribution in [0.15, 0.2) is 0 Å². The van der Waals surface area contributed by atoms with Crippen LogP contribution < -0.4 is 11.1 Å². The van der Waals surface area contributed by atoms with Gasteiger partial charge in [0.25, 0.3) is 0 Å². The number of thiazole rings is 1. The van der Waals surface area contributed by atoms with Crippen LogP contribution in [0.4, 0.5) is 5.13 Å². The van der Waals surface area contributed by atoms with Gasteiger partial charge in [-0.2, -0.15) is 0 Å². The summed E-state index contributed by atoms with van der Waals surface area (Å²) < 4.78 is 5.34. The molecule has 5 nitrogen and oxygen atoms in total. The molecule has 1 aromatic heterocycles. The second kappa shape index (κ2) is 10.0. The minimum Gasteiger partial charge on any atom is -0.464 e.